The molecule has 4 nitrogen and oxygen atoms in total. The van der Waals surface area contributed by atoms with E-state index in [0.29, 0.717) is 18.5 Å². The summed E-state index contributed by atoms with van der Waals surface area (Å²) >= 11 is 0. The van der Waals surface area contributed by atoms with Gasteiger partial charge in [-0.1, -0.05) is 11.6 Å². The molecule has 0 saturated heterocycles. The van der Waals surface area contributed by atoms with Crippen molar-refractivity contribution in [3.8, 4) is 6.07 Å². The zero-order valence-electron chi connectivity index (χ0n) is 11.2. The van der Waals surface area contributed by atoms with Crippen molar-refractivity contribution < 1.29 is 4.79 Å². The maximum absolute atomic E-state index is 12.3. The van der Waals surface area contributed by atoms with Crippen LogP contribution in [0.25, 0.3) is 0 Å². The number of rotatable bonds is 5. The normalized spacial score (nSPS) is 9.67. The number of nitrogens with zero attached hydrogens (tertiary/aromatic N) is 2. The average Bonchev–Trinajstić information content (AvgIpc) is 2.37. The van der Waals surface area contributed by atoms with Gasteiger partial charge in [-0.05, 0) is 26.0 Å². The van der Waals surface area contributed by atoms with Gasteiger partial charge in [-0.15, -0.1) is 0 Å². The summed E-state index contributed by atoms with van der Waals surface area (Å²) < 4.78 is 0. The predicted molar refractivity (Wildman–Crippen MR) is 72.5 cm³/mol. The zero-order valence-corrected chi connectivity index (χ0v) is 11.2. The SMILES string of the molecule is CCNc1ccc(C)cc1C(=O)N(C)CCC#N. The van der Waals surface area contributed by atoms with E-state index in [1.807, 2.05) is 38.1 Å². The van der Waals surface area contributed by atoms with Crippen molar-refractivity contribution in [2.75, 3.05) is 25.5 Å². The molecule has 1 amide bonds. The van der Waals surface area contributed by atoms with Crippen molar-refractivity contribution in [3.63, 3.8) is 0 Å². The van der Waals surface area contributed by atoms with Crippen molar-refractivity contribution in [2.24, 2.45) is 0 Å². The van der Waals surface area contributed by atoms with Gasteiger partial charge in [0.15, 0.2) is 0 Å². The Morgan fingerprint density at radius 2 is 2.22 bits per heavy atom. The van der Waals surface area contributed by atoms with Gasteiger partial charge in [0.05, 0.1) is 18.1 Å². The van der Waals surface area contributed by atoms with Crippen LogP contribution in [0.3, 0.4) is 0 Å². The second kappa shape index (κ2) is 6.65. The van der Waals surface area contributed by atoms with Crippen molar-refractivity contribution in [1.29, 1.82) is 5.26 Å². The summed E-state index contributed by atoms with van der Waals surface area (Å²) in [5.41, 5.74) is 2.56. The fourth-order valence-electron chi connectivity index (χ4n) is 1.70. The molecule has 0 spiro atoms. The van der Waals surface area contributed by atoms with Gasteiger partial charge in [0, 0.05) is 25.8 Å². The second-order valence-corrected chi connectivity index (χ2v) is 4.21. The highest BCUT2D eigenvalue weighted by Gasteiger charge is 2.15. The van der Waals surface area contributed by atoms with Gasteiger partial charge in [0.1, 0.15) is 0 Å². The predicted octanol–water partition coefficient (Wildman–Crippen LogP) is 2.41. The summed E-state index contributed by atoms with van der Waals surface area (Å²) in [4.78, 5) is 13.9. The molecule has 0 heterocycles. The summed E-state index contributed by atoms with van der Waals surface area (Å²) in [5.74, 6) is -0.0510. The molecular formula is C14H19N3O. The molecule has 1 rings (SSSR count). The van der Waals surface area contributed by atoms with E-state index in [2.05, 4.69) is 5.32 Å². The summed E-state index contributed by atoms with van der Waals surface area (Å²) in [5, 5.41) is 11.7. The minimum atomic E-state index is -0.0510. The van der Waals surface area contributed by atoms with Gasteiger partial charge in [-0.25, -0.2) is 0 Å². The molecule has 0 aliphatic rings. The van der Waals surface area contributed by atoms with Crippen LogP contribution in [0, 0.1) is 18.3 Å². The molecule has 1 aromatic rings. The molecule has 1 aromatic carbocycles. The molecule has 0 unspecified atom stereocenters. The molecular weight excluding hydrogens is 226 g/mol. The number of carbonyl (C=O) groups is 1. The van der Waals surface area contributed by atoms with Gasteiger partial charge in [-0.2, -0.15) is 5.26 Å². The fourth-order valence-corrected chi connectivity index (χ4v) is 1.70. The van der Waals surface area contributed by atoms with E-state index < -0.39 is 0 Å². The lowest BCUT2D eigenvalue weighted by atomic mass is 10.1. The average molecular weight is 245 g/mol. The summed E-state index contributed by atoms with van der Waals surface area (Å²) in [6.45, 7) is 5.18. The zero-order chi connectivity index (χ0) is 13.5. The number of nitriles is 1. The smallest absolute Gasteiger partial charge is 0.255 e. The van der Waals surface area contributed by atoms with Crippen LogP contribution in [0.1, 0.15) is 29.3 Å². The monoisotopic (exact) mass is 245 g/mol. The van der Waals surface area contributed by atoms with E-state index in [1.54, 1.807) is 11.9 Å². The summed E-state index contributed by atoms with van der Waals surface area (Å²) in [7, 11) is 1.72. The van der Waals surface area contributed by atoms with E-state index in [9.17, 15) is 4.79 Å². The Morgan fingerprint density at radius 3 is 2.83 bits per heavy atom. The van der Waals surface area contributed by atoms with Gasteiger partial charge in [0.2, 0.25) is 0 Å². The minimum Gasteiger partial charge on any atom is -0.385 e. The van der Waals surface area contributed by atoms with E-state index in [0.717, 1.165) is 17.8 Å². The van der Waals surface area contributed by atoms with Crippen molar-refractivity contribution in [1.82, 2.24) is 4.90 Å². The first-order valence-electron chi connectivity index (χ1n) is 6.07. The summed E-state index contributed by atoms with van der Waals surface area (Å²) in [6.07, 6.45) is 0.352. The molecule has 0 aliphatic heterocycles. The van der Waals surface area contributed by atoms with Crippen LogP contribution in [0.5, 0.6) is 0 Å². The lowest BCUT2D eigenvalue weighted by molar-refractivity contribution is 0.0799. The van der Waals surface area contributed by atoms with E-state index in [1.165, 1.54) is 0 Å². The summed E-state index contributed by atoms with van der Waals surface area (Å²) in [6, 6.07) is 7.82. The number of aryl methyl sites for hydroxylation is 1. The number of nitrogens with one attached hydrogen (secondary N) is 1. The first kappa shape index (κ1) is 14.0. The van der Waals surface area contributed by atoms with Gasteiger partial charge in [0.25, 0.3) is 5.91 Å². The highest BCUT2D eigenvalue weighted by atomic mass is 16.2. The Kier molecular flexibility index (Phi) is 5.19. The standard InChI is InChI=1S/C14H19N3O/c1-4-16-13-7-6-11(2)10-12(13)14(18)17(3)9-5-8-15/h6-7,10,16H,4-5,9H2,1-3H3. The molecule has 4 heteroatoms. The molecule has 0 bridgehead atoms. The number of benzene rings is 1. The van der Waals surface area contributed by atoms with Gasteiger partial charge >= 0.3 is 0 Å². The van der Waals surface area contributed by atoms with E-state index in [-0.39, 0.29) is 5.91 Å². The van der Waals surface area contributed by atoms with Crippen LogP contribution >= 0.6 is 0 Å². The Bertz CT molecular complexity index is 463. The Hall–Kier alpha value is -2.02. The van der Waals surface area contributed by atoms with Gasteiger partial charge < -0.3 is 10.2 Å². The van der Waals surface area contributed by atoms with E-state index >= 15 is 0 Å². The number of anilines is 1. The molecule has 96 valence electrons. The number of amides is 1. The number of hydrogen-bond donors (Lipinski definition) is 1. The third-order valence-electron chi connectivity index (χ3n) is 2.68. The van der Waals surface area contributed by atoms with Crippen molar-refractivity contribution in [3.05, 3.63) is 29.3 Å². The molecule has 0 saturated carbocycles. The first-order valence-corrected chi connectivity index (χ1v) is 6.07. The third kappa shape index (κ3) is 3.49. The molecule has 0 atom stereocenters. The van der Waals surface area contributed by atoms with Crippen molar-refractivity contribution in [2.45, 2.75) is 20.3 Å². The van der Waals surface area contributed by atoms with Crippen LogP contribution in [0.2, 0.25) is 0 Å². The van der Waals surface area contributed by atoms with Crippen molar-refractivity contribution >= 4 is 11.6 Å². The minimum absolute atomic E-state index is 0.0510. The number of carbonyl (C=O) groups excluding carboxylic acids is 1. The largest absolute Gasteiger partial charge is 0.385 e. The highest BCUT2D eigenvalue weighted by Crippen LogP contribution is 2.19. The third-order valence-corrected chi connectivity index (χ3v) is 2.68. The molecule has 1 N–H and O–H groups in total. The highest BCUT2D eigenvalue weighted by molar-refractivity contribution is 5.99. The molecule has 0 aliphatic carbocycles. The topological polar surface area (TPSA) is 56.1 Å². The maximum atomic E-state index is 12.3. The lowest BCUT2D eigenvalue weighted by Crippen LogP contribution is -2.28. The van der Waals surface area contributed by atoms with Crippen LogP contribution < -0.4 is 5.32 Å². The molecule has 0 aromatic heterocycles. The number of hydrogen-bond acceptors (Lipinski definition) is 3. The van der Waals surface area contributed by atoms with Crippen LogP contribution in [-0.4, -0.2) is 30.9 Å². The Morgan fingerprint density at radius 1 is 1.50 bits per heavy atom. The van der Waals surface area contributed by atoms with Crippen LogP contribution in [0.4, 0.5) is 5.69 Å². The first-order chi connectivity index (χ1) is 8.60. The molecule has 0 fully saturated rings. The maximum Gasteiger partial charge on any atom is 0.255 e. The fraction of sp³-hybridized carbons (Fsp3) is 0.429. The quantitative estimate of drug-likeness (QED) is 0.866. The Balaban J connectivity index is 2.96. The van der Waals surface area contributed by atoms with Crippen LogP contribution in [-0.2, 0) is 0 Å². The van der Waals surface area contributed by atoms with Crippen LogP contribution in [0.15, 0.2) is 18.2 Å². The molecule has 0 radical (unpaired) electrons. The molecule has 18 heavy (non-hydrogen) atoms. The van der Waals surface area contributed by atoms with E-state index in [4.69, 9.17) is 5.26 Å². The Labute approximate surface area is 108 Å². The van der Waals surface area contributed by atoms with Gasteiger partial charge in [-0.3, -0.25) is 4.79 Å². The lowest BCUT2D eigenvalue weighted by Gasteiger charge is -2.18. The second-order valence-electron chi connectivity index (χ2n) is 4.21.